The number of carbonyl (C=O) groups is 1. The second kappa shape index (κ2) is 9.34. The minimum absolute atomic E-state index is 0.0836. The van der Waals surface area contributed by atoms with Gasteiger partial charge in [0.25, 0.3) is 5.91 Å². The Kier molecular flexibility index (Phi) is 7.70. The Morgan fingerprint density at radius 1 is 1.30 bits per heavy atom. The first-order chi connectivity index (χ1) is 9.71. The van der Waals surface area contributed by atoms with Crippen molar-refractivity contribution in [1.29, 1.82) is 0 Å². The molecular weight excluding hydrogens is 250 g/mol. The number of carbonyl (C=O) groups excluding carboxylic acids is 1. The van der Waals surface area contributed by atoms with Gasteiger partial charge in [0.1, 0.15) is 11.5 Å². The van der Waals surface area contributed by atoms with Gasteiger partial charge in [-0.3, -0.25) is 4.79 Å². The molecule has 112 valence electrons. The lowest BCUT2D eigenvalue weighted by Gasteiger charge is -2.15. The highest BCUT2D eigenvalue weighted by Gasteiger charge is 2.11. The molecule has 1 heterocycles. The topological polar surface area (TPSA) is 54.0 Å². The number of pyridine rings is 1. The second-order valence-electron chi connectivity index (χ2n) is 5.06. The molecule has 1 atom stereocenters. The maximum Gasteiger partial charge on any atom is 0.269 e. The quantitative estimate of drug-likeness (QED) is 0.727. The molecular formula is C16H27N3O. The number of rotatable bonds is 9. The summed E-state index contributed by atoms with van der Waals surface area (Å²) in [6.07, 6.45) is 4.71. The minimum Gasteiger partial charge on any atom is -0.370 e. The molecule has 0 aliphatic rings. The van der Waals surface area contributed by atoms with Crippen LogP contribution in [-0.2, 0) is 0 Å². The van der Waals surface area contributed by atoms with E-state index in [2.05, 4.69) is 29.5 Å². The molecule has 0 bridgehead atoms. The number of amides is 1. The van der Waals surface area contributed by atoms with E-state index in [9.17, 15) is 4.79 Å². The van der Waals surface area contributed by atoms with Crippen LogP contribution in [0.2, 0.25) is 0 Å². The average Bonchev–Trinajstić information content (AvgIpc) is 2.48. The van der Waals surface area contributed by atoms with Gasteiger partial charge in [-0.15, -0.1) is 0 Å². The van der Waals surface area contributed by atoms with E-state index in [4.69, 9.17) is 0 Å². The predicted octanol–water partition coefficient (Wildman–Crippen LogP) is 3.46. The predicted molar refractivity (Wildman–Crippen MR) is 84.0 cm³/mol. The first-order valence-corrected chi connectivity index (χ1v) is 7.70. The number of hydrogen-bond acceptors (Lipinski definition) is 3. The Bertz CT molecular complexity index is 406. The molecule has 20 heavy (non-hydrogen) atoms. The van der Waals surface area contributed by atoms with Crippen molar-refractivity contribution in [3.63, 3.8) is 0 Å². The Morgan fingerprint density at radius 3 is 2.75 bits per heavy atom. The summed E-state index contributed by atoms with van der Waals surface area (Å²) in [5.41, 5.74) is 0.480. The SMILES string of the molecule is CCCCC(CC)CNC(=O)c1cccc(NCC)n1. The Labute approximate surface area is 122 Å². The third kappa shape index (κ3) is 5.59. The third-order valence-corrected chi connectivity index (χ3v) is 3.43. The summed E-state index contributed by atoms with van der Waals surface area (Å²) >= 11 is 0. The second-order valence-corrected chi connectivity index (χ2v) is 5.06. The van der Waals surface area contributed by atoms with E-state index >= 15 is 0 Å². The zero-order valence-corrected chi connectivity index (χ0v) is 12.9. The number of nitrogens with one attached hydrogen (secondary N) is 2. The Balaban J connectivity index is 2.51. The van der Waals surface area contributed by atoms with Gasteiger partial charge in [-0.05, 0) is 31.4 Å². The number of unbranched alkanes of at least 4 members (excludes halogenated alkanes) is 1. The first kappa shape index (κ1) is 16.5. The third-order valence-electron chi connectivity index (χ3n) is 3.43. The largest absolute Gasteiger partial charge is 0.370 e. The molecule has 0 spiro atoms. The highest BCUT2D eigenvalue weighted by molar-refractivity contribution is 5.92. The number of nitrogens with zero attached hydrogens (tertiary/aromatic N) is 1. The van der Waals surface area contributed by atoms with Gasteiger partial charge in [-0.1, -0.05) is 39.2 Å². The summed E-state index contributed by atoms with van der Waals surface area (Å²) < 4.78 is 0. The summed E-state index contributed by atoms with van der Waals surface area (Å²) in [5, 5.41) is 6.11. The fraction of sp³-hybridized carbons (Fsp3) is 0.625. The Hall–Kier alpha value is -1.58. The molecule has 0 saturated heterocycles. The highest BCUT2D eigenvalue weighted by atomic mass is 16.1. The molecule has 1 unspecified atom stereocenters. The van der Waals surface area contributed by atoms with Crippen LogP contribution in [0.1, 0.15) is 56.9 Å². The van der Waals surface area contributed by atoms with Crippen LogP contribution in [0.3, 0.4) is 0 Å². The van der Waals surface area contributed by atoms with Crippen LogP contribution in [-0.4, -0.2) is 24.0 Å². The summed E-state index contributed by atoms with van der Waals surface area (Å²) in [7, 11) is 0. The van der Waals surface area contributed by atoms with Gasteiger partial charge < -0.3 is 10.6 Å². The zero-order valence-electron chi connectivity index (χ0n) is 12.9. The summed E-state index contributed by atoms with van der Waals surface area (Å²) in [6, 6.07) is 5.48. The minimum atomic E-state index is -0.0836. The smallest absolute Gasteiger partial charge is 0.269 e. The van der Waals surface area contributed by atoms with Crippen molar-refractivity contribution in [3.05, 3.63) is 23.9 Å². The number of aromatic nitrogens is 1. The van der Waals surface area contributed by atoms with E-state index in [1.165, 1.54) is 19.3 Å². The molecule has 1 rings (SSSR count). The molecule has 2 N–H and O–H groups in total. The van der Waals surface area contributed by atoms with Gasteiger partial charge in [0.05, 0.1) is 0 Å². The van der Waals surface area contributed by atoms with Crippen LogP contribution in [0, 0.1) is 5.92 Å². The molecule has 0 saturated carbocycles. The van der Waals surface area contributed by atoms with Gasteiger partial charge in [0, 0.05) is 13.1 Å². The van der Waals surface area contributed by atoms with E-state index in [1.54, 1.807) is 6.07 Å². The lowest BCUT2D eigenvalue weighted by atomic mass is 9.99. The molecule has 0 fully saturated rings. The molecule has 0 aliphatic carbocycles. The Morgan fingerprint density at radius 2 is 2.10 bits per heavy atom. The van der Waals surface area contributed by atoms with Gasteiger partial charge in [-0.25, -0.2) is 4.98 Å². The van der Waals surface area contributed by atoms with Crippen LogP contribution in [0.4, 0.5) is 5.82 Å². The van der Waals surface area contributed by atoms with E-state index < -0.39 is 0 Å². The van der Waals surface area contributed by atoms with Gasteiger partial charge in [-0.2, -0.15) is 0 Å². The van der Waals surface area contributed by atoms with Crippen molar-refractivity contribution in [2.75, 3.05) is 18.4 Å². The van der Waals surface area contributed by atoms with Crippen molar-refractivity contribution in [2.24, 2.45) is 5.92 Å². The molecule has 1 aromatic rings. The number of hydrogen-bond donors (Lipinski definition) is 2. The molecule has 1 aromatic heterocycles. The van der Waals surface area contributed by atoms with Gasteiger partial charge in [0.15, 0.2) is 0 Å². The first-order valence-electron chi connectivity index (χ1n) is 7.70. The van der Waals surface area contributed by atoms with E-state index in [0.717, 1.165) is 25.3 Å². The van der Waals surface area contributed by atoms with Crippen molar-refractivity contribution in [3.8, 4) is 0 Å². The zero-order chi connectivity index (χ0) is 14.8. The monoisotopic (exact) mass is 277 g/mol. The van der Waals surface area contributed by atoms with Crippen molar-refractivity contribution < 1.29 is 4.79 Å². The van der Waals surface area contributed by atoms with Crippen LogP contribution in [0.15, 0.2) is 18.2 Å². The van der Waals surface area contributed by atoms with E-state index in [-0.39, 0.29) is 5.91 Å². The molecule has 0 aromatic carbocycles. The molecule has 1 amide bonds. The maximum absolute atomic E-state index is 12.1. The lowest BCUT2D eigenvalue weighted by Crippen LogP contribution is -2.29. The molecule has 4 heteroatoms. The normalized spacial score (nSPS) is 11.9. The fourth-order valence-corrected chi connectivity index (χ4v) is 2.11. The average molecular weight is 277 g/mol. The van der Waals surface area contributed by atoms with Gasteiger partial charge >= 0.3 is 0 Å². The van der Waals surface area contributed by atoms with Gasteiger partial charge in [0.2, 0.25) is 0 Å². The van der Waals surface area contributed by atoms with E-state index in [1.807, 2.05) is 19.1 Å². The molecule has 4 nitrogen and oxygen atoms in total. The van der Waals surface area contributed by atoms with E-state index in [0.29, 0.717) is 11.6 Å². The van der Waals surface area contributed by atoms with Crippen LogP contribution < -0.4 is 10.6 Å². The van der Waals surface area contributed by atoms with Crippen LogP contribution in [0.5, 0.6) is 0 Å². The maximum atomic E-state index is 12.1. The summed E-state index contributed by atoms with van der Waals surface area (Å²) in [4.78, 5) is 16.4. The summed E-state index contributed by atoms with van der Waals surface area (Å²) in [6.45, 7) is 7.92. The highest BCUT2D eigenvalue weighted by Crippen LogP contribution is 2.11. The molecule has 0 aliphatic heterocycles. The van der Waals surface area contributed by atoms with Crippen molar-refractivity contribution in [2.45, 2.75) is 46.5 Å². The number of anilines is 1. The van der Waals surface area contributed by atoms with Crippen LogP contribution in [0.25, 0.3) is 0 Å². The van der Waals surface area contributed by atoms with Crippen molar-refractivity contribution in [1.82, 2.24) is 10.3 Å². The molecule has 0 radical (unpaired) electrons. The lowest BCUT2D eigenvalue weighted by molar-refractivity contribution is 0.0941. The standard InChI is InChI=1S/C16H27N3O/c1-4-7-9-13(5-2)12-18-16(20)14-10-8-11-15(19-14)17-6-3/h8,10-11,13H,4-7,9,12H2,1-3H3,(H,17,19)(H,18,20). The van der Waals surface area contributed by atoms with Crippen molar-refractivity contribution >= 4 is 11.7 Å². The van der Waals surface area contributed by atoms with Crippen LogP contribution >= 0.6 is 0 Å². The fourth-order valence-electron chi connectivity index (χ4n) is 2.11. The summed E-state index contributed by atoms with van der Waals surface area (Å²) in [5.74, 6) is 1.23.